The predicted molar refractivity (Wildman–Crippen MR) is 104 cm³/mol. The number of hydrogen-bond donors (Lipinski definition) is 2. The summed E-state index contributed by atoms with van der Waals surface area (Å²) in [6.07, 6.45) is 0. The number of aryl methyl sites for hydroxylation is 1. The highest BCUT2D eigenvalue weighted by molar-refractivity contribution is 6.04. The van der Waals surface area contributed by atoms with Crippen molar-refractivity contribution in [3.05, 3.63) is 66.2 Å². The summed E-state index contributed by atoms with van der Waals surface area (Å²) in [6, 6.07) is 17.7. The van der Waals surface area contributed by atoms with Gasteiger partial charge in [0.1, 0.15) is 0 Å². The number of anilines is 2. The minimum Gasteiger partial charge on any atom is -0.462 e. The number of nitrogens with zero attached hydrogens (tertiary/aromatic N) is 2. The first-order chi connectivity index (χ1) is 13.1. The van der Waals surface area contributed by atoms with Gasteiger partial charge in [-0.1, -0.05) is 42.5 Å². The highest BCUT2D eigenvalue weighted by atomic mass is 16.5. The molecule has 0 saturated carbocycles. The van der Waals surface area contributed by atoms with Crippen LogP contribution in [0.1, 0.15) is 17.3 Å². The topological polar surface area (TPSA) is 85.2 Å². The first-order valence-electron chi connectivity index (χ1n) is 8.52. The predicted octanol–water partition coefficient (Wildman–Crippen LogP) is 3.91. The average molecular weight is 364 g/mol. The van der Waals surface area contributed by atoms with E-state index in [1.807, 2.05) is 37.4 Å². The highest BCUT2D eigenvalue weighted by Crippen LogP contribution is 2.22. The Morgan fingerprint density at radius 2 is 1.74 bits per heavy atom. The molecule has 0 aliphatic rings. The summed E-state index contributed by atoms with van der Waals surface area (Å²) in [5, 5.41) is 9.66. The van der Waals surface area contributed by atoms with Gasteiger partial charge >= 0.3 is 12.0 Å². The van der Waals surface area contributed by atoms with Crippen molar-refractivity contribution in [2.24, 2.45) is 7.05 Å². The van der Waals surface area contributed by atoms with Gasteiger partial charge in [-0.05, 0) is 24.6 Å². The van der Waals surface area contributed by atoms with Gasteiger partial charge in [0, 0.05) is 13.1 Å². The third-order valence-corrected chi connectivity index (χ3v) is 3.86. The number of nitrogens with one attached hydrogen (secondary N) is 2. The molecular weight excluding hydrogens is 344 g/mol. The number of ether oxygens (including phenoxy) is 1. The maximum Gasteiger partial charge on any atom is 0.340 e. The van der Waals surface area contributed by atoms with Gasteiger partial charge in [-0.3, -0.25) is 10.00 Å². The average Bonchev–Trinajstić information content (AvgIpc) is 3.03. The van der Waals surface area contributed by atoms with E-state index < -0.39 is 12.0 Å². The fourth-order valence-electron chi connectivity index (χ4n) is 2.66. The maximum absolute atomic E-state index is 12.3. The third kappa shape index (κ3) is 4.33. The molecule has 0 bridgehead atoms. The van der Waals surface area contributed by atoms with Crippen LogP contribution in [0.3, 0.4) is 0 Å². The molecule has 2 aromatic carbocycles. The molecule has 0 fully saturated rings. The molecule has 7 heteroatoms. The lowest BCUT2D eigenvalue weighted by Gasteiger charge is -2.10. The number of carbonyl (C=O) groups is 2. The van der Waals surface area contributed by atoms with Crippen LogP contribution in [-0.4, -0.2) is 28.4 Å². The second kappa shape index (κ2) is 8.18. The monoisotopic (exact) mass is 364 g/mol. The van der Waals surface area contributed by atoms with Crippen LogP contribution in [0.4, 0.5) is 16.3 Å². The minimum atomic E-state index is -0.496. The Morgan fingerprint density at radius 1 is 1.04 bits per heavy atom. The molecule has 1 heterocycles. The van der Waals surface area contributed by atoms with Gasteiger partial charge in [0.15, 0.2) is 5.82 Å². The van der Waals surface area contributed by atoms with E-state index in [0.29, 0.717) is 17.1 Å². The summed E-state index contributed by atoms with van der Waals surface area (Å²) in [4.78, 5) is 24.3. The lowest BCUT2D eigenvalue weighted by atomic mass is 10.1. The molecule has 2 N–H and O–H groups in total. The lowest BCUT2D eigenvalue weighted by Crippen LogP contribution is -2.21. The van der Waals surface area contributed by atoms with E-state index in [1.165, 1.54) is 0 Å². The van der Waals surface area contributed by atoms with Gasteiger partial charge < -0.3 is 10.1 Å². The number of amides is 2. The van der Waals surface area contributed by atoms with Gasteiger partial charge in [-0.15, -0.1) is 0 Å². The summed E-state index contributed by atoms with van der Waals surface area (Å²) < 4.78 is 6.70. The number of carbonyl (C=O) groups excluding carboxylic acids is 2. The van der Waals surface area contributed by atoms with Gasteiger partial charge in [0.25, 0.3) is 0 Å². The van der Waals surface area contributed by atoms with Crippen molar-refractivity contribution in [3.8, 4) is 11.3 Å². The van der Waals surface area contributed by atoms with Crippen molar-refractivity contribution in [1.82, 2.24) is 9.78 Å². The van der Waals surface area contributed by atoms with E-state index in [4.69, 9.17) is 4.74 Å². The smallest absolute Gasteiger partial charge is 0.340 e. The quantitative estimate of drug-likeness (QED) is 0.672. The Hall–Kier alpha value is -3.61. The maximum atomic E-state index is 12.3. The van der Waals surface area contributed by atoms with Crippen LogP contribution in [0.2, 0.25) is 0 Å². The zero-order chi connectivity index (χ0) is 19.2. The molecule has 0 unspecified atom stereocenters. The molecule has 0 atom stereocenters. The van der Waals surface area contributed by atoms with Gasteiger partial charge in [-0.25, -0.2) is 9.59 Å². The van der Waals surface area contributed by atoms with E-state index in [1.54, 1.807) is 41.9 Å². The fourth-order valence-corrected chi connectivity index (χ4v) is 2.66. The molecule has 3 rings (SSSR count). The van der Waals surface area contributed by atoms with Crippen molar-refractivity contribution >= 4 is 23.5 Å². The molecule has 7 nitrogen and oxygen atoms in total. The first-order valence-corrected chi connectivity index (χ1v) is 8.52. The molecule has 0 spiro atoms. The summed E-state index contributed by atoms with van der Waals surface area (Å²) in [5.74, 6) is -0.0833. The van der Waals surface area contributed by atoms with E-state index in [0.717, 1.165) is 11.3 Å². The molecule has 0 saturated heterocycles. The van der Waals surface area contributed by atoms with Crippen molar-refractivity contribution < 1.29 is 14.3 Å². The van der Waals surface area contributed by atoms with Gasteiger partial charge in [0.2, 0.25) is 0 Å². The van der Waals surface area contributed by atoms with Crippen LogP contribution in [0.25, 0.3) is 11.3 Å². The van der Waals surface area contributed by atoms with Crippen LogP contribution < -0.4 is 10.6 Å². The second-order valence-electron chi connectivity index (χ2n) is 5.75. The molecule has 0 aliphatic heterocycles. The zero-order valence-electron chi connectivity index (χ0n) is 15.1. The number of benzene rings is 2. The minimum absolute atomic E-state index is 0.259. The van der Waals surface area contributed by atoms with E-state index in [2.05, 4.69) is 15.7 Å². The standard InChI is InChI=1S/C20H20N4O3/c1-3-27-19(25)15-11-7-8-12-16(15)21-20(26)22-18-13-17(24(2)23-18)14-9-5-4-6-10-14/h4-13H,3H2,1-2H3,(H2,21,22,23,26). The zero-order valence-corrected chi connectivity index (χ0v) is 15.1. The van der Waals surface area contributed by atoms with E-state index >= 15 is 0 Å². The van der Waals surface area contributed by atoms with E-state index in [-0.39, 0.29) is 6.61 Å². The molecule has 1 aromatic heterocycles. The number of hydrogen-bond acceptors (Lipinski definition) is 4. The second-order valence-corrected chi connectivity index (χ2v) is 5.75. The van der Waals surface area contributed by atoms with Crippen molar-refractivity contribution in [3.63, 3.8) is 0 Å². The Morgan fingerprint density at radius 3 is 2.48 bits per heavy atom. The SMILES string of the molecule is CCOC(=O)c1ccccc1NC(=O)Nc1cc(-c2ccccc2)n(C)n1. The summed E-state index contributed by atoms with van der Waals surface area (Å²) in [6.45, 7) is 1.99. The summed E-state index contributed by atoms with van der Waals surface area (Å²) in [5.41, 5.74) is 2.53. The summed E-state index contributed by atoms with van der Waals surface area (Å²) >= 11 is 0. The van der Waals surface area contributed by atoms with Crippen LogP contribution in [0.5, 0.6) is 0 Å². The molecular formula is C20H20N4O3. The Balaban J connectivity index is 1.73. The molecule has 138 valence electrons. The number of urea groups is 1. The van der Waals surface area contributed by atoms with Crippen molar-refractivity contribution in [1.29, 1.82) is 0 Å². The van der Waals surface area contributed by atoms with Crippen LogP contribution in [0.15, 0.2) is 60.7 Å². The first kappa shape index (κ1) is 18.2. The Kier molecular flexibility index (Phi) is 5.51. The largest absolute Gasteiger partial charge is 0.462 e. The number of rotatable bonds is 5. The number of esters is 1. The van der Waals surface area contributed by atoms with Crippen LogP contribution in [0, 0.1) is 0 Å². The van der Waals surface area contributed by atoms with Crippen LogP contribution >= 0.6 is 0 Å². The molecule has 0 aliphatic carbocycles. The number of para-hydroxylation sites is 1. The van der Waals surface area contributed by atoms with Gasteiger partial charge in [-0.2, -0.15) is 5.10 Å². The van der Waals surface area contributed by atoms with E-state index in [9.17, 15) is 9.59 Å². The fraction of sp³-hybridized carbons (Fsp3) is 0.150. The van der Waals surface area contributed by atoms with Crippen LogP contribution in [-0.2, 0) is 11.8 Å². The Labute approximate surface area is 157 Å². The number of aromatic nitrogens is 2. The molecule has 3 aromatic rings. The third-order valence-electron chi connectivity index (χ3n) is 3.86. The van der Waals surface area contributed by atoms with Crippen molar-refractivity contribution in [2.75, 3.05) is 17.2 Å². The molecule has 0 radical (unpaired) electrons. The normalized spacial score (nSPS) is 10.3. The van der Waals surface area contributed by atoms with Gasteiger partial charge in [0.05, 0.1) is 23.6 Å². The molecule has 2 amide bonds. The highest BCUT2D eigenvalue weighted by Gasteiger charge is 2.15. The Bertz CT molecular complexity index is 951. The lowest BCUT2D eigenvalue weighted by molar-refractivity contribution is 0.0527. The van der Waals surface area contributed by atoms with Crippen molar-refractivity contribution in [2.45, 2.75) is 6.92 Å². The molecule has 27 heavy (non-hydrogen) atoms. The summed E-state index contributed by atoms with van der Waals surface area (Å²) in [7, 11) is 1.81.